The number of hydrogen-bond acceptors (Lipinski definition) is 6. The predicted molar refractivity (Wildman–Crippen MR) is 93.4 cm³/mol. The first kappa shape index (κ1) is 18.3. The molecule has 0 saturated carbocycles. The van der Waals surface area contributed by atoms with Crippen molar-refractivity contribution in [1.29, 1.82) is 0 Å². The molecule has 0 saturated heterocycles. The van der Waals surface area contributed by atoms with Crippen LogP contribution in [0.3, 0.4) is 0 Å². The van der Waals surface area contributed by atoms with Gasteiger partial charge < -0.3 is 18.9 Å². The number of rotatable bonds is 4. The van der Waals surface area contributed by atoms with E-state index >= 15 is 0 Å². The largest absolute Gasteiger partial charge is 0.463 e. The molecule has 0 radical (unpaired) electrons. The zero-order chi connectivity index (χ0) is 18.8. The molecule has 1 heterocycles. The Hall–Kier alpha value is -2.50. The van der Waals surface area contributed by atoms with Crippen molar-refractivity contribution >= 4 is 11.9 Å². The number of carbonyl (C=O) groups is 2. The second kappa shape index (κ2) is 7.40. The van der Waals surface area contributed by atoms with Crippen LogP contribution in [0.25, 0.3) is 0 Å². The SMILES string of the molecule is CC(C)OC(=O)C1CC2=C(CC1C(=O)OC(C)C)Oc1ccccc1O2. The van der Waals surface area contributed by atoms with E-state index in [4.69, 9.17) is 18.9 Å². The lowest BCUT2D eigenvalue weighted by atomic mass is 9.80. The van der Waals surface area contributed by atoms with Crippen molar-refractivity contribution in [2.45, 2.75) is 52.7 Å². The highest BCUT2D eigenvalue weighted by Gasteiger charge is 2.44. The molecule has 1 aliphatic heterocycles. The van der Waals surface area contributed by atoms with Gasteiger partial charge in [-0.25, -0.2) is 0 Å². The maximum absolute atomic E-state index is 12.6. The number of hydrogen-bond donors (Lipinski definition) is 0. The summed E-state index contributed by atoms with van der Waals surface area (Å²) in [5.41, 5.74) is 0. The van der Waals surface area contributed by atoms with Crippen molar-refractivity contribution in [3.63, 3.8) is 0 Å². The molecule has 26 heavy (non-hydrogen) atoms. The molecular formula is C20H24O6. The molecular weight excluding hydrogens is 336 g/mol. The first-order valence-electron chi connectivity index (χ1n) is 8.93. The topological polar surface area (TPSA) is 71.1 Å². The number of carbonyl (C=O) groups excluding carboxylic acids is 2. The van der Waals surface area contributed by atoms with Crippen LogP contribution in [0.15, 0.2) is 35.8 Å². The highest BCUT2D eigenvalue weighted by atomic mass is 16.6. The van der Waals surface area contributed by atoms with Crippen molar-refractivity contribution in [3.8, 4) is 11.5 Å². The molecule has 2 atom stereocenters. The summed E-state index contributed by atoms with van der Waals surface area (Å²) in [6.45, 7) is 7.12. The van der Waals surface area contributed by atoms with Crippen molar-refractivity contribution in [1.82, 2.24) is 0 Å². The van der Waals surface area contributed by atoms with Gasteiger partial charge in [-0.3, -0.25) is 9.59 Å². The quantitative estimate of drug-likeness (QED) is 0.764. The molecule has 6 heteroatoms. The number of ether oxygens (including phenoxy) is 4. The van der Waals surface area contributed by atoms with E-state index in [1.165, 1.54) is 0 Å². The van der Waals surface area contributed by atoms with Gasteiger partial charge in [0.1, 0.15) is 11.5 Å². The molecule has 140 valence electrons. The van der Waals surface area contributed by atoms with Gasteiger partial charge in [0.25, 0.3) is 0 Å². The molecule has 2 unspecified atom stereocenters. The van der Waals surface area contributed by atoms with E-state index < -0.39 is 23.8 Å². The number of esters is 2. The van der Waals surface area contributed by atoms with Gasteiger partial charge in [0, 0.05) is 12.8 Å². The summed E-state index contributed by atoms with van der Waals surface area (Å²) >= 11 is 0. The van der Waals surface area contributed by atoms with Gasteiger partial charge in [0.15, 0.2) is 11.5 Å². The first-order valence-corrected chi connectivity index (χ1v) is 8.93. The van der Waals surface area contributed by atoms with E-state index in [9.17, 15) is 9.59 Å². The summed E-state index contributed by atoms with van der Waals surface area (Å²) in [4.78, 5) is 25.2. The predicted octanol–water partition coefficient (Wildman–Crippen LogP) is 3.60. The van der Waals surface area contributed by atoms with Crippen LogP contribution in [-0.2, 0) is 19.1 Å². The Bertz CT molecular complexity index is 673. The van der Waals surface area contributed by atoms with E-state index in [-0.39, 0.29) is 25.0 Å². The van der Waals surface area contributed by atoms with Crippen LogP contribution in [0.2, 0.25) is 0 Å². The molecule has 0 spiro atoms. The maximum atomic E-state index is 12.6. The highest BCUT2D eigenvalue weighted by Crippen LogP contribution is 2.44. The molecule has 1 aliphatic carbocycles. The number of benzene rings is 1. The Morgan fingerprint density at radius 2 is 1.23 bits per heavy atom. The van der Waals surface area contributed by atoms with Crippen LogP contribution in [0.5, 0.6) is 11.5 Å². The summed E-state index contributed by atoms with van der Waals surface area (Å²) in [5, 5.41) is 0. The Labute approximate surface area is 153 Å². The van der Waals surface area contributed by atoms with Crippen LogP contribution in [0.1, 0.15) is 40.5 Å². The fourth-order valence-corrected chi connectivity index (χ4v) is 3.13. The Morgan fingerprint density at radius 1 is 0.846 bits per heavy atom. The van der Waals surface area contributed by atoms with E-state index in [1.807, 2.05) is 12.1 Å². The molecule has 1 aromatic carbocycles. The van der Waals surface area contributed by atoms with E-state index in [0.29, 0.717) is 23.0 Å². The number of para-hydroxylation sites is 2. The van der Waals surface area contributed by atoms with Gasteiger partial charge in [0.05, 0.1) is 24.0 Å². The second-order valence-electron chi connectivity index (χ2n) is 7.09. The van der Waals surface area contributed by atoms with Gasteiger partial charge in [-0.1, -0.05) is 12.1 Å². The van der Waals surface area contributed by atoms with Crippen LogP contribution in [0, 0.1) is 11.8 Å². The van der Waals surface area contributed by atoms with Gasteiger partial charge in [0.2, 0.25) is 0 Å². The minimum Gasteiger partial charge on any atom is -0.463 e. The van der Waals surface area contributed by atoms with Crippen LogP contribution >= 0.6 is 0 Å². The second-order valence-corrected chi connectivity index (χ2v) is 7.09. The summed E-state index contributed by atoms with van der Waals surface area (Å²) in [5.74, 6) is 0.203. The summed E-state index contributed by atoms with van der Waals surface area (Å²) < 4.78 is 22.6. The fraction of sp³-hybridized carbons (Fsp3) is 0.500. The lowest BCUT2D eigenvalue weighted by Gasteiger charge is -2.34. The highest BCUT2D eigenvalue weighted by molar-refractivity contribution is 5.83. The Balaban J connectivity index is 1.87. The summed E-state index contributed by atoms with van der Waals surface area (Å²) in [7, 11) is 0. The summed E-state index contributed by atoms with van der Waals surface area (Å²) in [6, 6.07) is 7.31. The first-order chi connectivity index (χ1) is 12.3. The van der Waals surface area contributed by atoms with E-state index in [0.717, 1.165) is 0 Å². The standard InChI is InChI=1S/C20H24O6/c1-11(2)23-19(21)13-9-17-18(10-14(13)20(22)24-12(3)4)26-16-8-6-5-7-15(16)25-17/h5-8,11-14H,9-10H2,1-4H3. The third-order valence-corrected chi connectivity index (χ3v) is 4.23. The number of fused-ring (bicyclic) bond motifs is 1. The number of allylic oxidation sites excluding steroid dienone is 2. The van der Waals surface area contributed by atoms with E-state index in [2.05, 4.69) is 0 Å². The van der Waals surface area contributed by atoms with Gasteiger partial charge in [-0.15, -0.1) is 0 Å². The van der Waals surface area contributed by atoms with Crippen LogP contribution in [0.4, 0.5) is 0 Å². The molecule has 0 aromatic heterocycles. The van der Waals surface area contributed by atoms with Crippen molar-refractivity contribution in [2.24, 2.45) is 11.8 Å². The van der Waals surface area contributed by atoms with Crippen LogP contribution < -0.4 is 9.47 Å². The monoisotopic (exact) mass is 360 g/mol. The van der Waals surface area contributed by atoms with Crippen molar-refractivity contribution in [3.05, 3.63) is 35.8 Å². The third kappa shape index (κ3) is 3.84. The minimum atomic E-state index is -0.656. The van der Waals surface area contributed by atoms with Gasteiger partial charge >= 0.3 is 11.9 Å². The Morgan fingerprint density at radius 3 is 1.58 bits per heavy atom. The third-order valence-electron chi connectivity index (χ3n) is 4.23. The molecule has 0 bridgehead atoms. The van der Waals surface area contributed by atoms with Gasteiger partial charge in [-0.05, 0) is 39.8 Å². The lowest BCUT2D eigenvalue weighted by molar-refractivity contribution is -0.166. The normalized spacial score (nSPS) is 21.5. The average molecular weight is 360 g/mol. The van der Waals surface area contributed by atoms with Crippen molar-refractivity contribution < 1.29 is 28.5 Å². The lowest BCUT2D eigenvalue weighted by Crippen LogP contribution is -2.39. The zero-order valence-electron chi connectivity index (χ0n) is 15.5. The summed E-state index contributed by atoms with van der Waals surface area (Å²) in [6.07, 6.45) is -0.0343. The minimum absolute atomic E-state index is 0.243. The maximum Gasteiger partial charge on any atom is 0.310 e. The molecule has 1 aromatic rings. The van der Waals surface area contributed by atoms with Gasteiger partial charge in [-0.2, -0.15) is 0 Å². The smallest absolute Gasteiger partial charge is 0.310 e. The average Bonchev–Trinajstić information content (AvgIpc) is 2.57. The van der Waals surface area contributed by atoms with Crippen molar-refractivity contribution in [2.75, 3.05) is 0 Å². The fourth-order valence-electron chi connectivity index (χ4n) is 3.13. The molecule has 0 fully saturated rings. The molecule has 0 amide bonds. The molecule has 0 N–H and O–H groups in total. The molecule has 3 rings (SSSR count). The Kier molecular flexibility index (Phi) is 5.20. The molecule has 2 aliphatic rings. The van der Waals surface area contributed by atoms with Crippen LogP contribution in [-0.4, -0.2) is 24.1 Å². The van der Waals surface area contributed by atoms with E-state index in [1.54, 1.807) is 39.8 Å². The molecule has 6 nitrogen and oxygen atoms in total. The zero-order valence-corrected chi connectivity index (χ0v) is 15.5.